The first-order valence-electron chi connectivity index (χ1n) is 30.9. The average Bonchev–Trinajstić information content (AvgIpc) is 1.61. The molecule has 16 aromatic rings. The van der Waals surface area contributed by atoms with Gasteiger partial charge in [0.05, 0.1) is 22.1 Å². The molecule has 0 radical (unpaired) electrons. The molecule has 0 bridgehead atoms. The quantitative estimate of drug-likeness (QED) is 0.156. The van der Waals surface area contributed by atoms with E-state index < -0.39 is 0 Å². The summed E-state index contributed by atoms with van der Waals surface area (Å²) < 4.78 is 14.2. The highest BCUT2D eigenvalue weighted by atomic mass is 32.1. The van der Waals surface area contributed by atoms with Gasteiger partial charge in [0.1, 0.15) is 11.2 Å². The van der Waals surface area contributed by atoms with Crippen LogP contribution in [0.5, 0.6) is 0 Å². The van der Waals surface area contributed by atoms with E-state index in [1.807, 2.05) is 11.3 Å². The van der Waals surface area contributed by atoms with Crippen LogP contribution in [-0.4, -0.2) is 9.13 Å². The molecule has 0 saturated heterocycles. The van der Waals surface area contributed by atoms with E-state index in [1.54, 1.807) is 0 Å². The van der Waals surface area contributed by atoms with Crippen LogP contribution in [0.2, 0.25) is 0 Å². The Kier molecular flexibility index (Phi) is 12.1. The van der Waals surface area contributed by atoms with Crippen LogP contribution in [0, 0.1) is 83.1 Å². The number of aromatic nitrogens is 2. The number of fused-ring (bicyclic) bond motifs is 12. The maximum absolute atomic E-state index is 6.60. The molecule has 0 unspecified atom stereocenters. The number of furan rings is 1. The van der Waals surface area contributed by atoms with Gasteiger partial charge in [0.25, 0.3) is 0 Å². The summed E-state index contributed by atoms with van der Waals surface area (Å²) in [7, 11) is 0. The van der Waals surface area contributed by atoms with Crippen molar-refractivity contribution in [3.8, 4) is 67.0 Å². The molecule has 0 spiro atoms. The summed E-state index contributed by atoms with van der Waals surface area (Å²) in [6.07, 6.45) is 0. The number of nitrogens with zero attached hydrogens (tertiary/aromatic N) is 2. The zero-order valence-electron chi connectivity index (χ0n) is 52.2. The van der Waals surface area contributed by atoms with Crippen LogP contribution in [0.4, 0.5) is 0 Å². The van der Waals surface area contributed by atoms with Crippen molar-refractivity contribution in [2.24, 2.45) is 0 Å². The van der Waals surface area contributed by atoms with Gasteiger partial charge in [0.2, 0.25) is 0 Å². The van der Waals surface area contributed by atoms with Gasteiger partial charge in [-0.15, -0.1) is 11.3 Å². The van der Waals surface area contributed by atoms with Crippen molar-refractivity contribution in [1.82, 2.24) is 9.13 Å². The Bertz CT molecular complexity index is 5260. The van der Waals surface area contributed by atoms with Gasteiger partial charge in [-0.2, -0.15) is 0 Å². The van der Waals surface area contributed by atoms with E-state index in [2.05, 4.69) is 286 Å². The average molecular weight is 1150 g/mol. The Hall–Kier alpha value is -9.74. The van der Waals surface area contributed by atoms with E-state index in [-0.39, 0.29) is 0 Å². The zero-order chi connectivity index (χ0) is 60.3. The number of rotatable bonds is 7. The van der Waals surface area contributed by atoms with E-state index >= 15 is 0 Å². The summed E-state index contributed by atoms with van der Waals surface area (Å²) in [5.41, 5.74) is 36.8. The molecule has 12 aromatic carbocycles. The van der Waals surface area contributed by atoms with E-state index in [4.69, 9.17) is 4.42 Å². The molecule has 4 heterocycles. The van der Waals surface area contributed by atoms with Crippen LogP contribution in [0.3, 0.4) is 0 Å². The Morgan fingerprint density at radius 2 is 0.500 bits per heavy atom. The monoisotopic (exact) mass is 1150 g/mol. The van der Waals surface area contributed by atoms with Gasteiger partial charge in [0, 0.05) is 63.9 Å². The predicted molar refractivity (Wildman–Crippen MR) is 379 cm³/mol. The van der Waals surface area contributed by atoms with Crippen LogP contribution in [0.1, 0.15) is 66.8 Å². The molecule has 16 rings (SSSR count). The number of hydrogen-bond acceptors (Lipinski definition) is 2. The fraction of sp³-hybridized carbons (Fsp3) is 0.143. The first-order valence-corrected chi connectivity index (χ1v) is 31.7. The zero-order valence-corrected chi connectivity index (χ0v) is 53.0. The molecular weight excluding hydrogens is 1090 g/mol. The normalized spacial score (nSPS) is 12.1. The van der Waals surface area contributed by atoms with Crippen LogP contribution >= 0.6 is 11.3 Å². The first-order chi connectivity index (χ1) is 42.5. The molecule has 88 heavy (non-hydrogen) atoms. The summed E-state index contributed by atoms with van der Waals surface area (Å²) in [6.45, 7) is 26.7. The van der Waals surface area contributed by atoms with Gasteiger partial charge in [-0.1, -0.05) is 107 Å². The molecule has 0 atom stereocenters. The van der Waals surface area contributed by atoms with Crippen molar-refractivity contribution in [3.63, 3.8) is 0 Å². The van der Waals surface area contributed by atoms with Crippen molar-refractivity contribution in [1.29, 1.82) is 0 Å². The SMILES string of the molecule is Cc1cc(C)c(-c2ccc3oc4ccc(-n5c6ccc(-c7ccc8c(c7)c7cc(-c9c(C)cc(C)cc9C)ccc7n8-c7ccc8sc9ccc(-c%10c(C)cc(C)cc%10C)cc9c8c7)cc6c6cc(-c7c(C)cc(C)cc7C)ccc65)cc4c3c2)c(C)c1. The third-order valence-corrected chi connectivity index (χ3v) is 20.3. The minimum absolute atomic E-state index is 0.884. The van der Waals surface area contributed by atoms with Gasteiger partial charge in [0.15, 0.2) is 0 Å². The molecular formula is C84H68N2OS. The summed E-state index contributed by atoms with van der Waals surface area (Å²) >= 11 is 1.88. The number of aryl methyl sites for hydroxylation is 12. The maximum Gasteiger partial charge on any atom is 0.135 e. The van der Waals surface area contributed by atoms with Gasteiger partial charge in [-0.3, -0.25) is 0 Å². The topological polar surface area (TPSA) is 23.0 Å². The minimum atomic E-state index is 0.884. The fourth-order valence-corrected chi connectivity index (χ4v) is 17.0. The van der Waals surface area contributed by atoms with E-state index in [1.165, 1.54) is 175 Å². The van der Waals surface area contributed by atoms with E-state index in [0.717, 1.165) is 44.3 Å². The second kappa shape index (κ2) is 19.9. The summed E-state index contributed by atoms with van der Waals surface area (Å²) in [5, 5.41) is 9.71. The molecule has 0 amide bonds. The van der Waals surface area contributed by atoms with E-state index in [9.17, 15) is 0 Å². The minimum Gasteiger partial charge on any atom is -0.456 e. The van der Waals surface area contributed by atoms with Gasteiger partial charge < -0.3 is 13.6 Å². The second-order valence-electron chi connectivity index (χ2n) is 25.7. The lowest BCUT2D eigenvalue weighted by atomic mass is 9.92. The molecule has 426 valence electrons. The lowest BCUT2D eigenvalue weighted by Gasteiger charge is -2.13. The molecule has 0 saturated carbocycles. The van der Waals surface area contributed by atoms with Crippen molar-refractivity contribution in [2.45, 2.75) is 83.1 Å². The summed E-state index contributed by atoms with van der Waals surface area (Å²) in [5.74, 6) is 0. The van der Waals surface area contributed by atoms with Gasteiger partial charge >= 0.3 is 0 Å². The van der Waals surface area contributed by atoms with Crippen molar-refractivity contribution in [2.75, 3.05) is 0 Å². The van der Waals surface area contributed by atoms with Gasteiger partial charge in [-0.05, 0) is 292 Å². The molecule has 4 aromatic heterocycles. The Labute approximate surface area is 518 Å². The third-order valence-electron chi connectivity index (χ3n) is 19.1. The maximum atomic E-state index is 6.60. The highest BCUT2D eigenvalue weighted by Crippen LogP contribution is 2.46. The Balaban J connectivity index is 0.892. The molecule has 0 aliphatic rings. The van der Waals surface area contributed by atoms with Crippen molar-refractivity contribution >= 4 is 97.1 Å². The lowest BCUT2D eigenvalue weighted by Crippen LogP contribution is -1.94. The second-order valence-corrected chi connectivity index (χ2v) is 26.8. The standard InChI is InChI=1S/C84H68N2OS/c1-45-29-49(5)81(50(6)30-45)59-15-23-75-67(39-59)65-37-57(13-21-73(65)85(75)63-19-26-78-70(43-63)69-41-61(17-25-77(69)87-78)83-53(9)33-47(3)34-54(83)10)58-14-22-74-66(38-58)68-40-60(82-51(7)31-46(2)32-52(82)8)16-24-76(68)86(74)64-20-28-80-72(44-64)71-42-62(18-27-79(71)88-80)84-55(11)35-48(4)36-56(84)12/h13-44H,1-12H3. The molecule has 0 aliphatic carbocycles. The number of benzene rings is 12. The van der Waals surface area contributed by atoms with Crippen molar-refractivity contribution < 1.29 is 4.42 Å². The number of thiophene rings is 1. The first kappa shape index (κ1) is 53.7. The summed E-state index contributed by atoms with van der Waals surface area (Å²) in [6, 6.07) is 74.7. The lowest BCUT2D eigenvalue weighted by molar-refractivity contribution is 0.669. The molecule has 0 fully saturated rings. The van der Waals surface area contributed by atoms with Crippen LogP contribution in [0.25, 0.3) is 153 Å². The smallest absolute Gasteiger partial charge is 0.135 e. The summed E-state index contributed by atoms with van der Waals surface area (Å²) in [4.78, 5) is 0. The van der Waals surface area contributed by atoms with Crippen LogP contribution in [-0.2, 0) is 0 Å². The molecule has 3 nitrogen and oxygen atoms in total. The highest BCUT2D eigenvalue weighted by Gasteiger charge is 2.22. The van der Waals surface area contributed by atoms with E-state index in [0.29, 0.717) is 0 Å². The fourth-order valence-electron chi connectivity index (χ4n) is 15.9. The number of hydrogen-bond donors (Lipinski definition) is 0. The third kappa shape index (κ3) is 8.44. The molecule has 4 heteroatoms. The molecule has 0 aliphatic heterocycles. The van der Waals surface area contributed by atoms with Crippen LogP contribution in [0.15, 0.2) is 199 Å². The predicted octanol–water partition coefficient (Wildman–Crippen LogP) is 24.2. The Morgan fingerprint density at radius 1 is 0.239 bits per heavy atom. The van der Waals surface area contributed by atoms with Gasteiger partial charge in [-0.25, -0.2) is 0 Å². The largest absolute Gasteiger partial charge is 0.456 e. The van der Waals surface area contributed by atoms with Crippen molar-refractivity contribution in [3.05, 3.63) is 261 Å². The van der Waals surface area contributed by atoms with Crippen LogP contribution < -0.4 is 0 Å². The molecule has 0 N–H and O–H groups in total. The highest BCUT2D eigenvalue weighted by molar-refractivity contribution is 7.25. The Morgan fingerprint density at radius 3 is 0.898 bits per heavy atom.